The van der Waals surface area contributed by atoms with Gasteiger partial charge in [-0.05, 0) is 30.9 Å². The van der Waals surface area contributed by atoms with Gasteiger partial charge >= 0.3 is 0 Å². The zero-order valence-corrected chi connectivity index (χ0v) is 11.1. The van der Waals surface area contributed by atoms with E-state index in [0.717, 1.165) is 19.3 Å². The molecule has 0 aliphatic heterocycles. The smallest absolute Gasteiger partial charge is 0.242 e. The lowest BCUT2D eigenvalue weighted by atomic mass is 10.2. The summed E-state index contributed by atoms with van der Waals surface area (Å²) in [6, 6.07) is 3.04. The molecule has 1 aliphatic carbocycles. The Balaban J connectivity index is 2.03. The number of pyridine rings is 1. The lowest BCUT2D eigenvalue weighted by Crippen LogP contribution is -2.27. The lowest BCUT2D eigenvalue weighted by Gasteiger charge is -2.05. The Labute approximate surface area is 106 Å². The number of hydrogen-bond acceptors (Lipinski definition) is 3. The molecule has 1 saturated carbocycles. The van der Waals surface area contributed by atoms with Crippen LogP contribution < -0.4 is 4.72 Å². The van der Waals surface area contributed by atoms with Crippen molar-refractivity contribution in [2.45, 2.75) is 37.1 Å². The van der Waals surface area contributed by atoms with Crippen LogP contribution in [0.3, 0.4) is 0 Å². The number of sulfonamides is 1. The van der Waals surface area contributed by atoms with Crippen molar-refractivity contribution in [2.75, 3.05) is 0 Å². The van der Waals surface area contributed by atoms with E-state index in [1.54, 1.807) is 0 Å². The fourth-order valence-corrected chi connectivity index (χ4v) is 3.24. The van der Waals surface area contributed by atoms with Crippen molar-refractivity contribution in [3.8, 4) is 0 Å². The average molecular weight is 275 g/mol. The van der Waals surface area contributed by atoms with E-state index in [2.05, 4.69) is 16.6 Å². The quantitative estimate of drug-likeness (QED) is 0.838. The lowest BCUT2D eigenvalue weighted by molar-refractivity contribution is 0.572. The zero-order valence-electron chi connectivity index (χ0n) is 9.56. The van der Waals surface area contributed by atoms with Gasteiger partial charge in [0.15, 0.2) is 0 Å². The van der Waals surface area contributed by atoms with Crippen LogP contribution >= 0.6 is 11.6 Å². The summed E-state index contributed by atoms with van der Waals surface area (Å²) in [7, 11) is -3.44. The normalized spacial score (nSPS) is 23.6. The summed E-state index contributed by atoms with van der Waals surface area (Å²) >= 11 is 5.62. The number of aromatic nitrogens is 1. The van der Waals surface area contributed by atoms with Crippen LogP contribution in [0.2, 0.25) is 5.15 Å². The first-order valence-electron chi connectivity index (χ1n) is 5.67. The summed E-state index contributed by atoms with van der Waals surface area (Å²) in [5, 5.41) is 0.291. The van der Waals surface area contributed by atoms with Crippen molar-refractivity contribution in [1.82, 2.24) is 9.71 Å². The molecule has 0 aromatic carbocycles. The molecule has 2 rings (SSSR count). The summed E-state index contributed by atoms with van der Waals surface area (Å²) < 4.78 is 26.6. The van der Waals surface area contributed by atoms with Crippen molar-refractivity contribution in [3.05, 3.63) is 23.5 Å². The Bertz CT molecular complexity index is 487. The van der Waals surface area contributed by atoms with Gasteiger partial charge in [-0.15, -0.1) is 0 Å². The first-order chi connectivity index (χ1) is 8.03. The molecule has 1 N–H and O–H groups in total. The highest BCUT2D eigenvalue weighted by Crippen LogP contribution is 2.35. The van der Waals surface area contributed by atoms with Crippen LogP contribution in [0.25, 0.3) is 0 Å². The van der Waals surface area contributed by atoms with Crippen LogP contribution in [0.15, 0.2) is 23.2 Å². The van der Waals surface area contributed by atoms with Gasteiger partial charge in [-0.1, -0.05) is 24.9 Å². The predicted molar refractivity (Wildman–Crippen MR) is 66.4 cm³/mol. The maximum Gasteiger partial charge on any atom is 0.242 e. The molecule has 0 bridgehead atoms. The van der Waals surface area contributed by atoms with Gasteiger partial charge in [0.1, 0.15) is 10.0 Å². The Hall–Kier alpha value is -0.650. The highest BCUT2D eigenvalue weighted by Gasteiger charge is 2.39. The maximum atomic E-state index is 11.9. The van der Waals surface area contributed by atoms with E-state index in [1.807, 2.05) is 0 Å². The van der Waals surface area contributed by atoms with Gasteiger partial charge in [-0.2, -0.15) is 0 Å². The van der Waals surface area contributed by atoms with E-state index in [4.69, 9.17) is 11.6 Å². The van der Waals surface area contributed by atoms with Crippen LogP contribution in [0.4, 0.5) is 0 Å². The van der Waals surface area contributed by atoms with E-state index in [1.165, 1.54) is 18.3 Å². The highest BCUT2D eigenvalue weighted by atomic mass is 35.5. The Kier molecular flexibility index (Phi) is 3.70. The van der Waals surface area contributed by atoms with Gasteiger partial charge < -0.3 is 0 Å². The van der Waals surface area contributed by atoms with Crippen molar-refractivity contribution in [3.63, 3.8) is 0 Å². The first-order valence-corrected chi connectivity index (χ1v) is 7.53. The van der Waals surface area contributed by atoms with Crippen LogP contribution in [0.5, 0.6) is 0 Å². The summed E-state index contributed by atoms with van der Waals surface area (Å²) in [4.78, 5) is 3.95. The predicted octanol–water partition coefficient (Wildman–Crippen LogP) is 2.20. The molecule has 4 nitrogen and oxygen atoms in total. The van der Waals surface area contributed by atoms with Gasteiger partial charge in [0.25, 0.3) is 0 Å². The molecule has 0 amide bonds. The van der Waals surface area contributed by atoms with Gasteiger partial charge in [-0.25, -0.2) is 18.1 Å². The summed E-state index contributed by atoms with van der Waals surface area (Å²) in [6.07, 6.45) is 4.38. The molecule has 1 heterocycles. The Morgan fingerprint density at radius 1 is 1.53 bits per heavy atom. The third kappa shape index (κ3) is 3.18. The van der Waals surface area contributed by atoms with E-state index in [9.17, 15) is 8.42 Å². The van der Waals surface area contributed by atoms with E-state index < -0.39 is 10.0 Å². The van der Waals surface area contributed by atoms with E-state index >= 15 is 0 Å². The standard InChI is InChI=1S/C11H15ClN2O2S/c1-2-3-8-6-10(8)14-17(15,16)9-4-5-11(12)13-7-9/h4-5,7-8,10,14H,2-3,6H2,1H3. The van der Waals surface area contributed by atoms with Crippen LogP contribution in [0.1, 0.15) is 26.2 Å². The topological polar surface area (TPSA) is 59.1 Å². The second-order valence-electron chi connectivity index (χ2n) is 4.33. The molecule has 0 saturated heterocycles. The number of rotatable bonds is 5. The fourth-order valence-electron chi connectivity index (χ4n) is 1.87. The number of halogens is 1. The summed E-state index contributed by atoms with van der Waals surface area (Å²) in [5.74, 6) is 0.495. The Morgan fingerprint density at radius 3 is 2.88 bits per heavy atom. The molecule has 1 aromatic heterocycles. The largest absolute Gasteiger partial charge is 0.243 e. The van der Waals surface area contributed by atoms with Gasteiger partial charge in [0, 0.05) is 12.2 Å². The SMILES string of the molecule is CCCC1CC1NS(=O)(=O)c1ccc(Cl)nc1. The third-order valence-electron chi connectivity index (χ3n) is 2.90. The van der Waals surface area contributed by atoms with Crippen molar-refractivity contribution < 1.29 is 8.42 Å². The molecular weight excluding hydrogens is 260 g/mol. The van der Waals surface area contributed by atoms with Gasteiger partial charge in [0.05, 0.1) is 0 Å². The molecule has 6 heteroatoms. The minimum Gasteiger partial charge on any atom is -0.243 e. The minimum absolute atomic E-state index is 0.0932. The molecule has 1 aliphatic rings. The third-order valence-corrected chi connectivity index (χ3v) is 4.60. The average Bonchev–Trinajstić information content (AvgIpc) is 2.96. The second-order valence-corrected chi connectivity index (χ2v) is 6.43. The molecule has 1 fully saturated rings. The minimum atomic E-state index is -3.44. The van der Waals surface area contributed by atoms with Crippen LogP contribution in [-0.2, 0) is 10.0 Å². The molecular formula is C11H15ClN2O2S. The number of nitrogens with one attached hydrogen (secondary N) is 1. The van der Waals surface area contributed by atoms with E-state index in [-0.39, 0.29) is 10.9 Å². The second kappa shape index (κ2) is 4.92. The van der Waals surface area contributed by atoms with Crippen molar-refractivity contribution in [2.24, 2.45) is 5.92 Å². The summed E-state index contributed by atoms with van der Waals surface area (Å²) in [5.41, 5.74) is 0. The number of hydrogen-bond donors (Lipinski definition) is 1. The van der Waals surface area contributed by atoms with Gasteiger partial charge in [-0.3, -0.25) is 0 Å². The molecule has 0 spiro atoms. The number of nitrogens with zero attached hydrogens (tertiary/aromatic N) is 1. The van der Waals surface area contributed by atoms with Crippen molar-refractivity contribution >= 4 is 21.6 Å². The molecule has 17 heavy (non-hydrogen) atoms. The maximum absolute atomic E-state index is 11.9. The van der Waals surface area contributed by atoms with Crippen molar-refractivity contribution in [1.29, 1.82) is 0 Å². The van der Waals surface area contributed by atoms with E-state index in [0.29, 0.717) is 11.1 Å². The molecule has 1 aromatic rings. The van der Waals surface area contributed by atoms with Crippen LogP contribution in [0, 0.1) is 5.92 Å². The monoisotopic (exact) mass is 274 g/mol. The molecule has 2 atom stereocenters. The molecule has 94 valence electrons. The van der Waals surface area contributed by atoms with Gasteiger partial charge in [0.2, 0.25) is 10.0 Å². The zero-order chi connectivity index (χ0) is 12.5. The fraction of sp³-hybridized carbons (Fsp3) is 0.545. The molecule has 2 unspecified atom stereocenters. The first kappa shape index (κ1) is 12.8. The Morgan fingerprint density at radius 2 is 2.29 bits per heavy atom. The summed E-state index contributed by atoms with van der Waals surface area (Å²) in [6.45, 7) is 2.10. The molecule has 0 radical (unpaired) electrons. The van der Waals surface area contributed by atoms with Crippen LogP contribution in [-0.4, -0.2) is 19.4 Å². The highest BCUT2D eigenvalue weighted by molar-refractivity contribution is 7.89.